The van der Waals surface area contributed by atoms with E-state index in [4.69, 9.17) is 11.6 Å². The molecule has 5 rings (SSSR count). The fourth-order valence-electron chi connectivity index (χ4n) is 5.21. The molecule has 2 saturated heterocycles. The second-order valence-electron chi connectivity index (χ2n) is 7.86. The molecule has 1 N–H and O–H groups in total. The molecule has 1 spiro atoms. The first-order chi connectivity index (χ1) is 14.5. The van der Waals surface area contributed by atoms with E-state index in [1.54, 1.807) is 16.7 Å². The van der Waals surface area contributed by atoms with Crippen molar-refractivity contribution >= 4 is 46.6 Å². The number of hydrogen-bond donors (Lipinski definition) is 1. The van der Waals surface area contributed by atoms with Crippen LogP contribution in [0.1, 0.15) is 18.9 Å². The van der Waals surface area contributed by atoms with Crippen LogP contribution in [-0.2, 0) is 15.1 Å². The van der Waals surface area contributed by atoms with Crippen molar-refractivity contribution in [3.8, 4) is 0 Å². The molecular weight excluding hydrogens is 425 g/mol. The summed E-state index contributed by atoms with van der Waals surface area (Å²) in [7, 11) is 0. The van der Waals surface area contributed by atoms with Gasteiger partial charge >= 0.3 is 0 Å². The van der Waals surface area contributed by atoms with Gasteiger partial charge in [-0.25, -0.2) is 4.39 Å². The number of hydrogen-bond acceptors (Lipinski definition) is 4. The number of benzene rings is 2. The number of nitrogens with zero attached hydrogens (tertiary/aromatic N) is 2. The highest BCUT2D eigenvalue weighted by Gasteiger charge is 2.67. The molecule has 0 saturated carbocycles. The van der Waals surface area contributed by atoms with Gasteiger partial charge in [-0.15, -0.1) is 11.8 Å². The zero-order chi connectivity index (χ0) is 21.0. The predicted molar refractivity (Wildman–Crippen MR) is 117 cm³/mol. The average Bonchev–Trinajstić information content (AvgIpc) is 3.37. The Morgan fingerprint density at radius 3 is 2.90 bits per heavy atom. The lowest BCUT2D eigenvalue weighted by molar-refractivity contribution is -0.136. The minimum atomic E-state index is -1.05. The molecule has 8 heteroatoms. The van der Waals surface area contributed by atoms with Crippen LogP contribution >= 0.6 is 23.4 Å². The minimum Gasteiger partial charge on any atom is -0.323 e. The quantitative estimate of drug-likeness (QED) is 0.773. The van der Waals surface area contributed by atoms with E-state index in [-0.39, 0.29) is 28.6 Å². The Morgan fingerprint density at radius 1 is 1.33 bits per heavy atom. The van der Waals surface area contributed by atoms with E-state index in [1.165, 1.54) is 18.2 Å². The first-order valence-corrected chi connectivity index (χ1v) is 11.5. The third-order valence-electron chi connectivity index (χ3n) is 6.44. The van der Waals surface area contributed by atoms with Crippen LogP contribution in [0.2, 0.25) is 5.02 Å². The molecule has 0 bridgehead atoms. The van der Waals surface area contributed by atoms with Gasteiger partial charge in [0.15, 0.2) is 0 Å². The Hall–Kier alpha value is -2.09. The Labute approximate surface area is 183 Å². The molecule has 156 valence electrons. The van der Waals surface area contributed by atoms with Crippen LogP contribution in [0, 0.1) is 11.7 Å². The number of fused-ring (bicyclic) bond motifs is 4. The highest BCUT2D eigenvalue weighted by atomic mass is 35.5. The van der Waals surface area contributed by atoms with Crippen molar-refractivity contribution in [2.75, 3.05) is 28.4 Å². The second kappa shape index (κ2) is 7.25. The summed E-state index contributed by atoms with van der Waals surface area (Å²) in [5.41, 5.74) is 0.761. The maximum absolute atomic E-state index is 14.3. The number of anilines is 2. The SMILES string of the molecule is CCN1C(=O)C2(c3ccccc31)C(C(=O)Nc1ccc(Cl)cc1F)CC1CSCN12. The molecule has 0 aliphatic carbocycles. The van der Waals surface area contributed by atoms with E-state index in [0.29, 0.717) is 18.8 Å². The van der Waals surface area contributed by atoms with Gasteiger partial charge in [-0.1, -0.05) is 29.8 Å². The zero-order valence-electron chi connectivity index (χ0n) is 16.4. The number of amides is 2. The molecule has 2 aromatic rings. The van der Waals surface area contributed by atoms with Gasteiger partial charge in [-0.3, -0.25) is 14.5 Å². The van der Waals surface area contributed by atoms with Crippen LogP contribution in [0.4, 0.5) is 15.8 Å². The Bertz CT molecular complexity index is 1050. The van der Waals surface area contributed by atoms with Crippen LogP contribution < -0.4 is 10.2 Å². The fourth-order valence-corrected chi connectivity index (χ4v) is 6.67. The monoisotopic (exact) mass is 445 g/mol. The smallest absolute Gasteiger partial charge is 0.253 e. The number of likely N-dealkylation sites (N-methyl/N-ethyl adjacent to an activating group) is 1. The summed E-state index contributed by atoms with van der Waals surface area (Å²) in [6.45, 7) is 2.47. The summed E-state index contributed by atoms with van der Waals surface area (Å²) in [5.74, 6) is -0.0234. The first-order valence-electron chi connectivity index (χ1n) is 10.00. The van der Waals surface area contributed by atoms with Gasteiger partial charge in [0.25, 0.3) is 5.91 Å². The van der Waals surface area contributed by atoms with E-state index in [2.05, 4.69) is 10.2 Å². The number of nitrogens with one attached hydrogen (secondary N) is 1. The van der Waals surface area contributed by atoms with Crippen molar-refractivity contribution in [1.82, 2.24) is 4.90 Å². The lowest BCUT2D eigenvalue weighted by Gasteiger charge is -2.36. The molecule has 3 aliphatic heterocycles. The van der Waals surface area contributed by atoms with Crippen LogP contribution in [0.3, 0.4) is 0 Å². The summed E-state index contributed by atoms with van der Waals surface area (Å²) < 4.78 is 14.3. The molecule has 5 nitrogen and oxygen atoms in total. The highest BCUT2D eigenvalue weighted by molar-refractivity contribution is 7.99. The second-order valence-corrected chi connectivity index (χ2v) is 9.29. The molecule has 0 radical (unpaired) electrons. The summed E-state index contributed by atoms with van der Waals surface area (Å²) in [6, 6.07) is 12.0. The lowest BCUT2D eigenvalue weighted by Crippen LogP contribution is -2.55. The zero-order valence-corrected chi connectivity index (χ0v) is 18.0. The van der Waals surface area contributed by atoms with E-state index >= 15 is 0 Å². The molecule has 3 aliphatic rings. The average molecular weight is 446 g/mol. The van der Waals surface area contributed by atoms with Crippen molar-refractivity contribution in [2.45, 2.75) is 24.9 Å². The summed E-state index contributed by atoms with van der Waals surface area (Å²) >= 11 is 7.62. The fraction of sp³-hybridized carbons (Fsp3) is 0.364. The summed E-state index contributed by atoms with van der Waals surface area (Å²) in [5, 5.41) is 2.99. The number of rotatable bonds is 3. The van der Waals surface area contributed by atoms with E-state index in [9.17, 15) is 14.0 Å². The van der Waals surface area contributed by atoms with Crippen molar-refractivity contribution < 1.29 is 14.0 Å². The summed E-state index contributed by atoms with van der Waals surface area (Å²) in [6.07, 6.45) is 0.561. The van der Waals surface area contributed by atoms with Crippen LogP contribution in [0.5, 0.6) is 0 Å². The summed E-state index contributed by atoms with van der Waals surface area (Å²) in [4.78, 5) is 31.3. The third kappa shape index (κ3) is 2.65. The van der Waals surface area contributed by atoms with Crippen LogP contribution in [0.25, 0.3) is 0 Å². The van der Waals surface area contributed by atoms with Crippen LogP contribution in [-0.4, -0.2) is 40.9 Å². The van der Waals surface area contributed by atoms with E-state index in [1.807, 2.05) is 31.2 Å². The molecular formula is C22H21ClFN3O2S. The van der Waals surface area contributed by atoms with Gasteiger partial charge in [0.1, 0.15) is 11.4 Å². The molecule has 2 aromatic carbocycles. The van der Waals surface area contributed by atoms with Crippen LogP contribution in [0.15, 0.2) is 42.5 Å². The molecule has 2 amide bonds. The van der Waals surface area contributed by atoms with Gasteiger partial charge in [0.05, 0.1) is 11.6 Å². The Morgan fingerprint density at radius 2 is 2.13 bits per heavy atom. The maximum atomic E-state index is 14.3. The van der Waals surface area contributed by atoms with Crippen molar-refractivity contribution in [2.24, 2.45) is 5.92 Å². The molecule has 3 heterocycles. The highest BCUT2D eigenvalue weighted by Crippen LogP contribution is 2.57. The maximum Gasteiger partial charge on any atom is 0.253 e. The van der Waals surface area contributed by atoms with Crippen molar-refractivity contribution in [1.29, 1.82) is 0 Å². The molecule has 3 atom stereocenters. The Balaban J connectivity index is 1.60. The first kappa shape index (κ1) is 19.8. The Kier molecular flexibility index (Phi) is 4.80. The number of carbonyl (C=O) groups is 2. The lowest BCUT2D eigenvalue weighted by atomic mass is 9.78. The third-order valence-corrected chi connectivity index (χ3v) is 7.76. The van der Waals surface area contributed by atoms with Gasteiger partial charge in [-0.05, 0) is 37.6 Å². The van der Waals surface area contributed by atoms with Gasteiger partial charge in [0.2, 0.25) is 5.91 Å². The topological polar surface area (TPSA) is 52.7 Å². The van der Waals surface area contributed by atoms with Gasteiger partial charge in [-0.2, -0.15) is 0 Å². The normalized spacial score (nSPS) is 27.6. The minimum absolute atomic E-state index is 0.0621. The van der Waals surface area contributed by atoms with Crippen molar-refractivity contribution in [3.63, 3.8) is 0 Å². The number of para-hydroxylation sites is 1. The van der Waals surface area contributed by atoms with E-state index in [0.717, 1.165) is 17.0 Å². The molecule has 0 aromatic heterocycles. The molecule has 2 fully saturated rings. The molecule has 30 heavy (non-hydrogen) atoms. The number of carbonyl (C=O) groups excluding carboxylic acids is 2. The number of thioether (sulfide) groups is 1. The van der Waals surface area contributed by atoms with Crippen molar-refractivity contribution in [3.05, 3.63) is 58.9 Å². The van der Waals surface area contributed by atoms with Gasteiger partial charge in [0, 0.05) is 40.5 Å². The standard InChI is InChI=1S/C22H21ClFN3O2S/c1-2-26-19-6-4-3-5-15(19)22(21(26)29)16(10-14-11-30-12-27(14)22)20(28)25-18-8-7-13(23)9-17(18)24/h3-9,14,16H,2,10-12H2,1H3,(H,25,28). The van der Waals surface area contributed by atoms with Gasteiger partial charge < -0.3 is 10.2 Å². The molecule has 3 unspecified atom stereocenters. The number of halogens is 2. The largest absolute Gasteiger partial charge is 0.323 e. The predicted octanol–water partition coefficient (Wildman–Crippen LogP) is 4.07. The van der Waals surface area contributed by atoms with E-state index < -0.39 is 17.3 Å².